The Morgan fingerprint density at radius 1 is 0.927 bits per heavy atom. The standard InChI is InChI=1S/C32H38N4O5/c1-32(2,3)41-30(37)23-40-27-15-11-24(12-16-27)21-33-34-31(38)26-13-9-25(10-14-26)22-35-17-19-36(20-18-35)28-7-5-6-8-29(28)39-4/h5-16,21H,17-20,22-23H2,1-4H3,(H,34,38)/b33-21-. The van der Waals surface area contributed by atoms with Crippen LogP contribution in [0.1, 0.15) is 42.3 Å². The molecule has 9 nitrogen and oxygen atoms in total. The van der Waals surface area contributed by atoms with Gasteiger partial charge in [-0.3, -0.25) is 9.69 Å². The average Bonchev–Trinajstić information content (AvgIpc) is 2.96. The van der Waals surface area contributed by atoms with Gasteiger partial charge in [-0.15, -0.1) is 0 Å². The third-order valence-corrected chi connectivity index (χ3v) is 6.46. The van der Waals surface area contributed by atoms with Gasteiger partial charge in [-0.1, -0.05) is 24.3 Å². The molecule has 41 heavy (non-hydrogen) atoms. The third-order valence-electron chi connectivity index (χ3n) is 6.46. The van der Waals surface area contributed by atoms with Crippen molar-refractivity contribution in [2.75, 3.05) is 44.8 Å². The van der Waals surface area contributed by atoms with E-state index in [4.69, 9.17) is 14.2 Å². The van der Waals surface area contributed by atoms with Gasteiger partial charge in [0, 0.05) is 38.3 Å². The molecule has 1 saturated heterocycles. The van der Waals surface area contributed by atoms with Crippen molar-refractivity contribution in [2.45, 2.75) is 32.9 Å². The Bertz CT molecular complexity index is 1330. The lowest BCUT2D eigenvalue weighted by Crippen LogP contribution is -2.46. The minimum atomic E-state index is -0.553. The van der Waals surface area contributed by atoms with Gasteiger partial charge in [-0.05, 0) is 80.4 Å². The van der Waals surface area contributed by atoms with Gasteiger partial charge < -0.3 is 19.1 Å². The van der Waals surface area contributed by atoms with Crippen LogP contribution in [0.3, 0.4) is 0 Å². The molecule has 1 N–H and O–H groups in total. The minimum Gasteiger partial charge on any atom is -0.495 e. The average molecular weight is 559 g/mol. The van der Waals surface area contributed by atoms with Crippen LogP contribution in [0.2, 0.25) is 0 Å². The van der Waals surface area contributed by atoms with Gasteiger partial charge in [0.25, 0.3) is 5.91 Å². The van der Waals surface area contributed by atoms with Crippen LogP contribution in [-0.4, -0.2) is 68.5 Å². The van der Waals surface area contributed by atoms with Gasteiger partial charge in [-0.25, -0.2) is 10.2 Å². The van der Waals surface area contributed by atoms with Gasteiger partial charge in [-0.2, -0.15) is 5.10 Å². The van der Waals surface area contributed by atoms with Crippen molar-refractivity contribution >= 4 is 23.8 Å². The van der Waals surface area contributed by atoms with Crippen molar-refractivity contribution in [3.05, 3.63) is 89.5 Å². The molecule has 216 valence electrons. The summed E-state index contributed by atoms with van der Waals surface area (Å²) in [5.74, 6) is 0.728. The number of nitrogens with zero attached hydrogens (tertiary/aromatic N) is 3. The van der Waals surface area contributed by atoms with Crippen LogP contribution in [0.4, 0.5) is 5.69 Å². The Kier molecular flexibility index (Phi) is 9.97. The first-order chi connectivity index (χ1) is 19.7. The van der Waals surface area contributed by atoms with E-state index >= 15 is 0 Å². The fourth-order valence-electron chi connectivity index (χ4n) is 4.45. The van der Waals surface area contributed by atoms with Crippen LogP contribution in [0, 0.1) is 0 Å². The van der Waals surface area contributed by atoms with Gasteiger partial charge in [0.15, 0.2) is 6.61 Å². The Morgan fingerprint density at radius 3 is 2.27 bits per heavy atom. The highest BCUT2D eigenvalue weighted by atomic mass is 16.6. The second-order valence-electron chi connectivity index (χ2n) is 10.8. The number of rotatable bonds is 10. The number of hydrogen-bond acceptors (Lipinski definition) is 8. The number of piperazine rings is 1. The van der Waals surface area contributed by atoms with E-state index < -0.39 is 11.6 Å². The third kappa shape index (κ3) is 9.08. The number of ether oxygens (including phenoxy) is 3. The summed E-state index contributed by atoms with van der Waals surface area (Å²) in [6, 6.07) is 22.8. The summed E-state index contributed by atoms with van der Waals surface area (Å²) in [6.45, 7) is 9.85. The Morgan fingerprint density at radius 2 is 1.61 bits per heavy atom. The fourth-order valence-corrected chi connectivity index (χ4v) is 4.45. The van der Waals surface area contributed by atoms with Crippen LogP contribution < -0.4 is 19.8 Å². The largest absolute Gasteiger partial charge is 0.495 e. The Labute approximate surface area is 241 Å². The van der Waals surface area contributed by atoms with E-state index in [0.717, 1.165) is 55.3 Å². The smallest absolute Gasteiger partial charge is 0.344 e. The number of para-hydroxylation sites is 2. The van der Waals surface area contributed by atoms with Crippen LogP contribution in [0.5, 0.6) is 11.5 Å². The van der Waals surface area contributed by atoms with Crippen molar-refractivity contribution in [3.8, 4) is 11.5 Å². The molecule has 0 aliphatic carbocycles. The molecular weight excluding hydrogens is 520 g/mol. The molecule has 0 unspecified atom stereocenters. The lowest BCUT2D eigenvalue weighted by molar-refractivity contribution is -0.157. The second kappa shape index (κ2) is 13.8. The van der Waals surface area contributed by atoms with Gasteiger partial charge in [0.05, 0.1) is 19.0 Å². The number of esters is 1. The number of carbonyl (C=O) groups excluding carboxylic acids is 2. The van der Waals surface area contributed by atoms with Crippen LogP contribution in [0.15, 0.2) is 77.9 Å². The van der Waals surface area contributed by atoms with E-state index in [2.05, 4.69) is 26.4 Å². The van der Waals surface area contributed by atoms with Crippen LogP contribution in [-0.2, 0) is 16.1 Å². The van der Waals surface area contributed by atoms with Crippen molar-refractivity contribution in [2.24, 2.45) is 5.10 Å². The monoisotopic (exact) mass is 558 g/mol. The lowest BCUT2D eigenvalue weighted by Gasteiger charge is -2.36. The fraction of sp³-hybridized carbons (Fsp3) is 0.344. The molecule has 0 spiro atoms. The molecule has 3 aromatic carbocycles. The summed E-state index contributed by atoms with van der Waals surface area (Å²) in [7, 11) is 1.71. The molecule has 1 aliphatic heterocycles. The number of anilines is 1. The number of nitrogens with one attached hydrogen (secondary N) is 1. The summed E-state index contributed by atoms with van der Waals surface area (Å²) >= 11 is 0. The summed E-state index contributed by atoms with van der Waals surface area (Å²) in [6.07, 6.45) is 1.55. The highest BCUT2D eigenvalue weighted by molar-refractivity contribution is 5.94. The molecule has 9 heteroatoms. The van der Waals surface area contributed by atoms with E-state index in [1.807, 2.05) is 42.5 Å². The number of hydrogen-bond donors (Lipinski definition) is 1. The summed E-state index contributed by atoms with van der Waals surface area (Å²) in [4.78, 5) is 29.1. The van der Waals surface area contributed by atoms with Gasteiger partial charge in [0.2, 0.25) is 0 Å². The van der Waals surface area contributed by atoms with Gasteiger partial charge >= 0.3 is 5.97 Å². The molecule has 0 atom stereocenters. The molecule has 0 radical (unpaired) electrons. The van der Waals surface area contributed by atoms with E-state index in [9.17, 15) is 9.59 Å². The van der Waals surface area contributed by atoms with E-state index in [1.54, 1.807) is 58.4 Å². The number of amides is 1. The first kappa shape index (κ1) is 29.6. The lowest BCUT2D eigenvalue weighted by atomic mass is 10.1. The van der Waals surface area contributed by atoms with Crippen LogP contribution in [0.25, 0.3) is 0 Å². The first-order valence-corrected chi connectivity index (χ1v) is 13.7. The molecule has 1 amide bonds. The SMILES string of the molecule is COc1ccccc1N1CCN(Cc2ccc(C(=O)N/N=C\c3ccc(OCC(=O)OC(C)(C)C)cc3)cc2)CC1. The molecule has 0 aromatic heterocycles. The normalized spacial score (nSPS) is 14.1. The Hall–Kier alpha value is -4.37. The zero-order chi connectivity index (χ0) is 29.2. The molecule has 0 saturated carbocycles. The highest BCUT2D eigenvalue weighted by Gasteiger charge is 2.20. The topological polar surface area (TPSA) is 92.7 Å². The van der Waals surface area contributed by atoms with Crippen molar-refractivity contribution in [1.29, 1.82) is 0 Å². The van der Waals surface area contributed by atoms with Gasteiger partial charge in [0.1, 0.15) is 17.1 Å². The molecule has 4 rings (SSSR count). The maximum Gasteiger partial charge on any atom is 0.344 e. The second-order valence-corrected chi connectivity index (χ2v) is 10.8. The molecule has 1 aliphatic rings. The molecule has 1 fully saturated rings. The number of hydrazone groups is 1. The number of carbonyl (C=O) groups is 2. The van der Waals surface area contributed by atoms with Crippen molar-refractivity contribution < 1.29 is 23.8 Å². The van der Waals surface area contributed by atoms with Crippen molar-refractivity contribution in [3.63, 3.8) is 0 Å². The quantitative estimate of drug-likeness (QED) is 0.223. The van der Waals surface area contributed by atoms with E-state index in [-0.39, 0.29) is 12.5 Å². The van der Waals surface area contributed by atoms with E-state index in [1.165, 1.54) is 0 Å². The zero-order valence-corrected chi connectivity index (χ0v) is 24.1. The predicted octanol–water partition coefficient (Wildman–Crippen LogP) is 4.50. The maximum atomic E-state index is 12.5. The number of methoxy groups -OCH3 is 1. The highest BCUT2D eigenvalue weighted by Crippen LogP contribution is 2.28. The van der Waals surface area contributed by atoms with Crippen molar-refractivity contribution in [1.82, 2.24) is 10.3 Å². The van der Waals surface area contributed by atoms with E-state index in [0.29, 0.717) is 11.3 Å². The number of benzene rings is 3. The Balaban J connectivity index is 1.20. The van der Waals surface area contributed by atoms with Crippen LogP contribution >= 0.6 is 0 Å². The summed E-state index contributed by atoms with van der Waals surface area (Å²) in [5.41, 5.74) is 5.62. The predicted molar refractivity (Wildman–Crippen MR) is 160 cm³/mol. The first-order valence-electron chi connectivity index (χ1n) is 13.7. The molecule has 1 heterocycles. The molecule has 0 bridgehead atoms. The maximum absolute atomic E-state index is 12.5. The molecular formula is C32H38N4O5. The summed E-state index contributed by atoms with van der Waals surface area (Å²) in [5, 5.41) is 4.06. The molecule has 3 aromatic rings. The minimum absolute atomic E-state index is 0.167. The summed E-state index contributed by atoms with van der Waals surface area (Å²) < 4.78 is 16.2. The zero-order valence-electron chi connectivity index (χ0n) is 24.1.